The maximum absolute atomic E-state index is 12.7. The number of nitrogens with zero attached hydrogens (tertiary/aromatic N) is 2. The summed E-state index contributed by atoms with van der Waals surface area (Å²) in [5.74, 6) is -0.520. The van der Waals surface area contributed by atoms with Crippen LogP contribution in [-0.2, 0) is 16.0 Å². The number of hydrogen-bond acceptors (Lipinski definition) is 6. The number of aromatic nitrogens is 2. The van der Waals surface area contributed by atoms with E-state index in [1.54, 1.807) is 6.07 Å². The zero-order valence-electron chi connectivity index (χ0n) is 20.7. The molecule has 0 radical (unpaired) electrons. The van der Waals surface area contributed by atoms with Crippen molar-refractivity contribution in [2.45, 2.75) is 72.6 Å². The summed E-state index contributed by atoms with van der Waals surface area (Å²) in [4.78, 5) is 36.1. The number of hydrogen-bond donors (Lipinski definition) is 2. The number of rotatable bonds is 11. The fourth-order valence-electron chi connectivity index (χ4n) is 4.58. The Balaban J connectivity index is 1.71. The molecule has 0 fully saturated rings. The molecule has 2 aromatic rings. The van der Waals surface area contributed by atoms with E-state index < -0.39 is 5.91 Å². The summed E-state index contributed by atoms with van der Waals surface area (Å²) < 4.78 is 6.77. The summed E-state index contributed by atoms with van der Waals surface area (Å²) in [5.41, 5.74) is 9.70. The van der Waals surface area contributed by atoms with Gasteiger partial charge in [-0.2, -0.15) is 5.10 Å². The minimum Gasteiger partial charge on any atom is -0.466 e. The van der Waals surface area contributed by atoms with Crippen molar-refractivity contribution in [1.29, 1.82) is 0 Å². The molecular weight excluding hydrogens is 432 g/mol. The number of carbonyl (C=O) groups excluding carboxylic acids is 3. The molecule has 0 spiro atoms. The summed E-state index contributed by atoms with van der Waals surface area (Å²) in [6.45, 7) is 8.95. The van der Waals surface area contributed by atoms with Crippen molar-refractivity contribution >= 4 is 23.3 Å². The lowest BCUT2D eigenvalue weighted by molar-refractivity contribution is -0.143. The van der Waals surface area contributed by atoms with Gasteiger partial charge in [0.2, 0.25) is 0 Å². The van der Waals surface area contributed by atoms with Crippen LogP contribution in [0.4, 0.5) is 5.69 Å². The van der Waals surface area contributed by atoms with Gasteiger partial charge in [-0.1, -0.05) is 26.7 Å². The van der Waals surface area contributed by atoms with Crippen LogP contribution in [0.15, 0.2) is 18.2 Å². The molecule has 0 bridgehead atoms. The Labute approximate surface area is 201 Å². The number of primary amides is 1. The van der Waals surface area contributed by atoms with E-state index in [0.717, 1.165) is 54.7 Å². The van der Waals surface area contributed by atoms with E-state index in [4.69, 9.17) is 10.5 Å². The number of esters is 1. The van der Waals surface area contributed by atoms with E-state index in [0.29, 0.717) is 37.2 Å². The molecule has 0 unspecified atom stereocenters. The van der Waals surface area contributed by atoms with E-state index in [1.165, 1.54) is 0 Å². The van der Waals surface area contributed by atoms with Crippen molar-refractivity contribution < 1.29 is 19.1 Å². The first kappa shape index (κ1) is 25.5. The standard InChI is InChI=1S/C26H36N4O4/c1-5-34-23(32)10-8-6-7-9-13-28-20-14-18(11-12-19(20)25(27)33)30-21-15-26(3,4)16-22(31)24(21)17(2)29-30/h11-12,14,28H,5-10,13,15-16H2,1-4H3,(H2,27,33). The Morgan fingerprint density at radius 2 is 1.91 bits per heavy atom. The Hall–Kier alpha value is -3.16. The van der Waals surface area contributed by atoms with Crippen molar-refractivity contribution in [2.75, 3.05) is 18.5 Å². The van der Waals surface area contributed by atoms with Gasteiger partial charge in [-0.15, -0.1) is 0 Å². The van der Waals surface area contributed by atoms with Crippen molar-refractivity contribution in [3.63, 3.8) is 0 Å². The monoisotopic (exact) mass is 468 g/mol. The van der Waals surface area contributed by atoms with E-state index >= 15 is 0 Å². The molecule has 0 saturated heterocycles. The molecule has 8 nitrogen and oxygen atoms in total. The largest absolute Gasteiger partial charge is 0.466 e. The SMILES string of the molecule is CCOC(=O)CCCCCCNc1cc(-n2nc(C)c3c2CC(C)(C)CC3=O)ccc1C(N)=O. The van der Waals surface area contributed by atoms with Crippen LogP contribution in [0.25, 0.3) is 5.69 Å². The predicted molar refractivity (Wildman–Crippen MR) is 131 cm³/mol. The molecule has 3 rings (SSSR count). The number of amides is 1. The zero-order chi connectivity index (χ0) is 24.9. The van der Waals surface area contributed by atoms with E-state index in [2.05, 4.69) is 24.3 Å². The first-order valence-corrected chi connectivity index (χ1v) is 12.1. The number of anilines is 1. The molecule has 184 valence electrons. The van der Waals surface area contributed by atoms with Crippen LogP contribution in [-0.4, -0.2) is 40.6 Å². The highest BCUT2D eigenvalue weighted by atomic mass is 16.5. The Morgan fingerprint density at radius 3 is 2.62 bits per heavy atom. The molecule has 1 aliphatic carbocycles. The Kier molecular flexibility index (Phi) is 8.12. The highest BCUT2D eigenvalue weighted by Gasteiger charge is 2.35. The lowest BCUT2D eigenvalue weighted by Gasteiger charge is -2.29. The third kappa shape index (κ3) is 6.04. The molecule has 8 heteroatoms. The maximum atomic E-state index is 12.7. The van der Waals surface area contributed by atoms with Crippen LogP contribution >= 0.6 is 0 Å². The minimum absolute atomic E-state index is 0.129. The van der Waals surface area contributed by atoms with Crippen molar-refractivity contribution in [2.24, 2.45) is 11.1 Å². The maximum Gasteiger partial charge on any atom is 0.305 e. The summed E-state index contributed by atoms with van der Waals surface area (Å²) >= 11 is 0. The average Bonchev–Trinajstić information content (AvgIpc) is 3.08. The lowest BCUT2D eigenvalue weighted by Crippen LogP contribution is -2.28. The highest BCUT2D eigenvalue weighted by Crippen LogP contribution is 2.37. The first-order chi connectivity index (χ1) is 16.1. The molecule has 1 aromatic heterocycles. The number of fused-ring (bicyclic) bond motifs is 1. The quantitative estimate of drug-likeness (QED) is 0.374. The van der Waals surface area contributed by atoms with Crippen LogP contribution < -0.4 is 11.1 Å². The number of aryl methyl sites for hydroxylation is 1. The van der Waals surface area contributed by atoms with E-state index in [1.807, 2.05) is 30.7 Å². The fourth-order valence-corrected chi connectivity index (χ4v) is 4.58. The smallest absolute Gasteiger partial charge is 0.305 e. The number of unbranched alkanes of at least 4 members (excludes halogenated alkanes) is 3. The molecular formula is C26H36N4O4. The number of nitrogens with one attached hydrogen (secondary N) is 1. The van der Waals surface area contributed by atoms with Crippen LogP contribution in [0.1, 0.15) is 91.4 Å². The lowest BCUT2D eigenvalue weighted by atomic mass is 9.75. The number of benzene rings is 1. The number of Topliss-reactive ketones (excluding diaryl/α,β-unsaturated/α-hetero) is 1. The average molecular weight is 469 g/mol. The highest BCUT2D eigenvalue weighted by molar-refractivity contribution is 6.00. The second-order valence-electron chi connectivity index (χ2n) is 9.75. The summed E-state index contributed by atoms with van der Waals surface area (Å²) in [5, 5.41) is 8.00. The third-order valence-corrected chi connectivity index (χ3v) is 6.16. The van der Waals surface area contributed by atoms with Crippen LogP contribution in [0.2, 0.25) is 0 Å². The molecule has 0 saturated carbocycles. The van der Waals surface area contributed by atoms with Gasteiger partial charge >= 0.3 is 5.97 Å². The number of ketones is 1. The molecule has 1 amide bonds. The Morgan fingerprint density at radius 1 is 1.18 bits per heavy atom. The number of carbonyl (C=O) groups is 3. The van der Waals surface area contributed by atoms with Crippen molar-refractivity contribution in [3.8, 4) is 5.69 Å². The van der Waals surface area contributed by atoms with Crippen molar-refractivity contribution in [1.82, 2.24) is 9.78 Å². The molecule has 34 heavy (non-hydrogen) atoms. The second-order valence-corrected chi connectivity index (χ2v) is 9.75. The molecule has 0 atom stereocenters. The minimum atomic E-state index is -0.501. The van der Waals surface area contributed by atoms with Crippen LogP contribution in [0, 0.1) is 12.3 Å². The molecule has 1 aromatic carbocycles. The summed E-state index contributed by atoms with van der Waals surface area (Å²) in [7, 11) is 0. The van der Waals surface area contributed by atoms with Gasteiger partial charge in [0.1, 0.15) is 0 Å². The van der Waals surface area contributed by atoms with Crippen LogP contribution in [0.5, 0.6) is 0 Å². The summed E-state index contributed by atoms with van der Waals surface area (Å²) in [6, 6.07) is 5.40. The van der Waals surface area contributed by atoms with Gasteiger partial charge < -0.3 is 15.8 Å². The molecule has 1 heterocycles. The topological polar surface area (TPSA) is 116 Å². The number of ether oxygens (including phenoxy) is 1. The summed E-state index contributed by atoms with van der Waals surface area (Å²) in [6.07, 6.45) is 5.31. The Bertz CT molecular complexity index is 1070. The van der Waals surface area contributed by atoms with Gasteiger partial charge in [-0.25, -0.2) is 4.68 Å². The fraction of sp³-hybridized carbons (Fsp3) is 0.538. The third-order valence-electron chi connectivity index (χ3n) is 6.16. The normalized spacial score (nSPS) is 14.5. The van der Waals surface area contributed by atoms with Gasteiger partial charge in [-0.05, 0) is 56.7 Å². The first-order valence-electron chi connectivity index (χ1n) is 12.1. The van der Waals surface area contributed by atoms with E-state index in [9.17, 15) is 14.4 Å². The molecule has 3 N–H and O–H groups in total. The number of nitrogens with two attached hydrogens (primary N) is 1. The van der Waals surface area contributed by atoms with Crippen molar-refractivity contribution in [3.05, 3.63) is 40.7 Å². The molecule has 1 aliphatic rings. The van der Waals surface area contributed by atoms with Gasteiger partial charge in [0.25, 0.3) is 5.91 Å². The van der Waals surface area contributed by atoms with E-state index in [-0.39, 0.29) is 17.2 Å². The van der Waals surface area contributed by atoms with Gasteiger partial charge in [-0.3, -0.25) is 14.4 Å². The zero-order valence-corrected chi connectivity index (χ0v) is 20.7. The predicted octanol–water partition coefficient (Wildman–Crippen LogP) is 4.36. The van der Waals surface area contributed by atoms with Crippen LogP contribution in [0.3, 0.4) is 0 Å². The van der Waals surface area contributed by atoms with Gasteiger partial charge in [0.05, 0.1) is 34.8 Å². The van der Waals surface area contributed by atoms with Gasteiger partial charge in [0, 0.05) is 25.1 Å². The second kappa shape index (κ2) is 10.8. The molecule has 0 aliphatic heterocycles. The van der Waals surface area contributed by atoms with Gasteiger partial charge in [0.15, 0.2) is 5.78 Å².